The van der Waals surface area contributed by atoms with Crippen molar-refractivity contribution < 1.29 is 14.7 Å². The van der Waals surface area contributed by atoms with Gasteiger partial charge in [0.2, 0.25) is 0 Å². The number of ketones is 1. The van der Waals surface area contributed by atoms with Gasteiger partial charge in [0.15, 0.2) is 0 Å². The van der Waals surface area contributed by atoms with E-state index in [0.717, 1.165) is 17.5 Å². The molecule has 0 fully saturated rings. The number of carbonyl (C=O) groups is 2. The van der Waals surface area contributed by atoms with Crippen molar-refractivity contribution in [3.8, 4) is 5.75 Å². The number of anilines is 1. The Morgan fingerprint density at radius 1 is 1.00 bits per heavy atom. The number of phenolic OH excluding ortho intramolecular Hbond substituents is 1. The number of benzene rings is 2. The molecule has 1 aliphatic rings. The van der Waals surface area contributed by atoms with Gasteiger partial charge in [-0.1, -0.05) is 25.1 Å². The smallest absolute Gasteiger partial charge is 0.299 e. The molecule has 3 rings (SSSR count). The summed E-state index contributed by atoms with van der Waals surface area (Å²) in [7, 11) is 0. The van der Waals surface area contributed by atoms with Gasteiger partial charge in [0.05, 0.1) is 17.8 Å². The molecule has 21 heavy (non-hydrogen) atoms. The van der Waals surface area contributed by atoms with Crippen molar-refractivity contribution in [2.75, 3.05) is 4.90 Å². The van der Waals surface area contributed by atoms with Crippen molar-refractivity contribution in [2.24, 2.45) is 0 Å². The molecular weight excluding hydrogens is 266 g/mol. The van der Waals surface area contributed by atoms with Gasteiger partial charge in [-0.2, -0.15) is 0 Å². The minimum atomic E-state index is -0.494. The third-order valence-electron chi connectivity index (χ3n) is 3.72. The van der Waals surface area contributed by atoms with E-state index in [1.807, 2.05) is 19.1 Å². The molecule has 0 radical (unpaired) electrons. The van der Waals surface area contributed by atoms with Crippen molar-refractivity contribution in [3.63, 3.8) is 0 Å². The van der Waals surface area contributed by atoms with E-state index < -0.39 is 11.7 Å². The Bertz CT molecular complexity index is 719. The molecule has 0 atom stereocenters. The third kappa shape index (κ3) is 2.29. The van der Waals surface area contributed by atoms with Gasteiger partial charge in [-0.25, -0.2) is 0 Å². The highest BCUT2D eigenvalue weighted by molar-refractivity contribution is 6.52. The van der Waals surface area contributed by atoms with Crippen LogP contribution in [0, 0.1) is 0 Å². The summed E-state index contributed by atoms with van der Waals surface area (Å²) < 4.78 is 0. The van der Waals surface area contributed by atoms with Gasteiger partial charge in [-0.05, 0) is 41.8 Å². The maximum atomic E-state index is 12.2. The molecule has 1 N–H and O–H groups in total. The minimum Gasteiger partial charge on any atom is -0.508 e. The summed E-state index contributed by atoms with van der Waals surface area (Å²) >= 11 is 0. The zero-order chi connectivity index (χ0) is 15.0. The molecule has 0 spiro atoms. The van der Waals surface area contributed by atoms with Gasteiger partial charge in [-0.3, -0.25) is 9.59 Å². The third-order valence-corrected chi connectivity index (χ3v) is 3.72. The average molecular weight is 281 g/mol. The molecule has 2 aromatic rings. The normalized spacial score (nSPS) is 13.7. The number of phenols is 1. The van der Waals surface area contributed by atoms with E-state index in [1.165, 1.54) is 4.90 Å². The number of aryl methyl sites for hydroxylation is 1. The minimum absolute atomic E-state index is 0.176. The average Bonchev–Trinajstić information content (AvgIpc) is 2.74. The molecule has 4 heteroatoms. The highest BCUT2D eigenvalue weighted by atomic mass is 16.3. The Balaban J connectivity index is 1.96. The predicted octanol–water partition coefficient (Wildman–Crippen LogP) is 2.68. The van der Waals surface area contributed by atoms with E-state index in [-0.39, 0.29) is 5.75 Å². The predicted molar refractivity (Wildman–Crippen MR) is 79.4 cm³/mol. The van der Waals surface area contributed by atoms with Crippen molar-refractivity contribution in [1.29, 1.82) is 0 Å². The van der Waals surface area contributed by atoms with Crippen LogP contribution in [-0.4, -0.2) is 16.8 Å². The zero-order valence-corrected chi connectivity index (χ0v) is 11.7. The van der Waals surface area contributed by atoms with Crippen LogP contribution in [0.25, 0.3) is 0 Å². The molecule has 0 saturated carbocycles. The fourth-order valence-corrected chi connectivity index (χ4v) is 2.51. The van der Waals surface area contributed by atoms with Gasteiger partial charge in [0.25, 0.3) is 11.7 Å². The summed E-state index contributed by atoms with van der Waals surface area (Å²) in [6, 6.07) is 12.2. The molecular formula is C17H15NO3. The second-order valence-corrected chi connectivity index (χ2v) is 5.09. The lowest BCUT2D eigenvalue weighted by atomic mass is 10.1. The van der Waals surface area contributed by atoms with Crippen LogP contribution in [0.3, 0.4) is 0 Å². The number of rotatable bonds is 3. The number of nitrogens with zero attached hydrogens (tertiary/aromatic N) is 1. The topological polar surface area (TPSA) is 57.6 Å². The first kappa shape index (κ1) is 13.4. The van der Waals surface area contributed by atoms with E-state index in [9.17, 15) is 14.7 Å². The zero-order valence-electron chi connectivity index (χ0n) is 11.7. The number of carbonyl (C=O) groups excluding carboxylic acids is 2. The number of hydrogen-bond donors (Lipinski definition) is 1. The Morgan fingerprint density at radius 2 is 1.67 bits per heavy atom. The first-order valence-corrected chi connectivity index (χ1v) is 6.87. The standard InChI is InChI=1S/C17H15NO3/c1-2-11-5-8-15-14(9-11)16(20)17(21)18(15)10-12-3-6-13(19)7-4-12/h3-9,19H,2,10H2,1H3. The van der Waals surface area contributed by atoms with E-state index in [2.05, 4.69) is 0 Å². The van der Waals surface area contributed by atoms with E-state index in [1.54, 1.807) is 30.3 Å². The van der Waals surface area contributed by atoms with Crippen LogP contribution in [0.15, 0.2) is 42.5 Å². The molecule has 0 aliphatic carbocycles. The summed E-state index contributed by atoms with van der Waals surface area (Å²) in [4.78, 5) is 25.7. The first-order valence-electron chi connectivity index (χ1n) is 6.87. The molecule has 0 bridgehead atoms. The van der Waals surface area contributed by atoms with Crippen LogP contribution >= 0.6 is 0 Å². The highest BCUT2D eigenvalue weighted by Crippen LogP contribution is 2.31. The van der Waals surface area contributed by atoms with E-state index >= 15 is 0 Å². The SMILES string of the molecule is CCc1ccc2c(c1)C(=O)C(=O)N2Cc1ccc(O)cc1. The maximum absolute atomic E-state index is 12.2. The number of aromatic hydroxyl groups is 1. The van der Waals surface area contributed by atoms with Crippen LogP contribution in [0.1, 0.15) is 28.4 Å². The lowest BCUT2D eigenvalue weighted by molar-refractivity contribution is -0.114. The van der Waals surface area contributed by atoms with E-state index in [4.69, 9.17) is 0 Å². The quantitative estimate of drug-likeness (QED) is 0.880. The fraction of sp³-hybridized carbons (Fsp3) is 0.176. The lowest BCUT2D eigenvalue weighted by Gasteiger charge is -2.16. The molecule has 1 heterocycles. The number of hydrogen-bond acceptors (Lipinski definition) is 3. The van der Waals surface area contributed by atoms with Crippen LogP contribution in [0.2, 0.25) is 0 Å². The largest absolute Gasteiger partial charge is 0.508 e. The van der Waals surface area contributed by atoms with Crippen molar-refractivity contribution in [3.05, 3.63) is 59.2 Å². The molecule has 0 aromatic heterocycles. The fourth-order valence-electron chi connectivity index (χ4n) is 2.51. The highest BCUT2D eigenvalue weighted by Gasteiger charge is 2.35. The second kappa shape index (κ2) is 5.05. The van der Waals surface area contributed by atoms with Crippen molar-refractivity contribution in [2.45, 2.75) is 19.9 Å². The summed E-state index contributed by atoms with van der Waals surface area (Å²) in [6.45, 7) is 2.33. The molecule has 0 saturated heterocycles. The van der Waals surface area contributed by atoms with Gasteiger partial charge in [-0.15, -0.1) is 0 Å². The van der Waals surface area contributed by atoms with Crippen LogP contribution in [0.5, 0.6) is 5.75 Å². The molecule has 4 nitrogen and oxygen atoms in total. The molecule has 1 aliphatic heterocycles. The monoisotopic (exact) mass is 281 g/mol. The number of Topliss-reactive ketones (excluding diaryl/α,β-unsaturated/α-hetero) is 1. The summed E-state index contributed by atoms with van der Waals surface area (Å²) in [6.07, 6.45) is 0.826. The maximum Gasteiger partial charge on any atom is 0.299 e. The van der Waals surface area contributed by atoms with Crippen LogP contribution in [-0.2, 0) is 17.8 Å². The molecule has 2 aromatic carbocycles. The molecule has 0 unspecified atom stereocenters. The van der Waals surface area contributed by atoms with Gasteiger partial charge < -0.3 is 10.0 Å². The van der Waals surface area contributed by atoms with Gasteiger partial charge in [0.1, 0.15) is 5.75 Å². The Kier molecular flexibility index (Phi) is 3.22. The van der Waals surface area contributed by atoms with Crippen LogP contribution in [0.4, 0.5) is 5.69 Å². The molecule has 106 valence electrons. The Morgan fingerprint density at radius 3 is 2.33 bits per heavy atom. The summed E-state index contributed by atoms with van der Waals surface area (Å²) in [5.74, 6) is -0.763. The Hall–Kier alpha value is -2.62. The van der Waals surface area contributed by atoms with Crippen LogP contribution < -0.4 is 4.90 Å². The number of fused-ring (bicyclic) bond motifs is 1. The number of amides is 1. The first-order chi connectivity index (χ1) is 10.1. The van der Waals surface area contributed by atoms with Gasteiger partial charge in [0, 0.05) is 0 Å². The van der Waals surface area contributed by atoms with Crippen molar-refractivity contribution in [1.82, 2.24) is 0 Å². The van der Waals surface area contributed by atoms with E-state index in [0.29, 0.717) is 17.8 Å². The second-order valence-electron chi connectivity index (χ2n) is 5.09. The Labute approximate surface area is 122 Å². The van der Waals surface area contributed by atoms with Crippen molar-refractivity contribution >= 4 is 17.4 Å². The summed E-state index contributed by atoms with van der Waals surface area (Å²) in [5, 5.41) is 9.29. The molecule has 1 amide bonds. The van der Waals surface area contributed by atoms with Gasteiger partial charge >= 0.3 is 0 Å². The lowest BCUT2D eigenvalue weighted by Crippen LogP contribution is -2.29. The summed E-state index contributed by atoms with van der Waals surface area (Å²) in [5.41, 5.74) is 3.05.